The smallest absolute Gasteiger partial charge is 0.267 e. The van der Waals surface area contributed by atoms with Crippen LogP contribution in [0.5, 0.6) is 0 Å². The summed E-state index contributed by atoms with van der Waals surface area (Å²) in [5.74, 6) is -0.218. The first kappa shape index (κ1) is 9.85. The van der Waals surface area contributed by atoms with Gasteiger partial charge in [-0.15, -0.1) is 0 Å². The Kier molecular flexibility index (Phi) is 2.77. The summed E-state index contributed by atoms with van der Waals surface area (Å²) in [7, 11) is 0. The van der Waals surface area contributed by atoms with E-state index in [1.54, 1.807) is 6.92 Å². The quantitative estimate of drug-likeness (QED) is 0.737. The van der Waals surface area contributed by atoms with E-state index < -0.39 is 13.0 Å². The van der Waals surface area contributed by atoms with Crippen LogP contribution in [0.15, 0.2) is 6.20 Å². The van der Waals surface area contributed by atoms with Gasteiger partial charge in [0.2, 0.25) is 0 Å². The zero-order chi connectivity index (χ0) is 10.0. The summed E-state index contributed by atoms with van der Waals surface area (Å²) in [5, 5.41) is 8.86. The molecule has 0 aliphatic carbocycles. The van der Waals surface area contributed by atoms with Crippen LogP contribution >= 0.6 is 0 Å². The van der Waals surface area contributed by atoms with Crippen molar-refractivity contribution in [1.29, 1.82) is 0 Å². The van der Waals surface area contributed by atoms with Crippen LogP contribution in [-0.2, 0) is 6.61 Å². The Morgan fingerprint density at radius 1 is 1.62 bits per heavy atom. The fraction of sp³-hybridized carbons (Fsp3) is 0.375. The van der Waals surface area contributed by atoms with Gasteiger partial charge in [-0.1, -0.05) is 0 Å². The number of anilines is 1. The van der Waals surface area contributed by atoms with E-state index in [2.05, 4.69) is 4.98 Å². The summed E-state index contributed by atoms with van der Waals surface area (Å²) in [5.41, 5.74) is 5.60. The Morgan fingerprint density at radius 3 is 2.62 bits per heavy atom. The summed E-state index contributed by atoms with van der Waals surface area (Å²) in [6.07, 6.45) is -1.33. The maximum atomic E-state index is 12.4. The number of nitrogens with zero attached hydrogens (tertiary/aromatic N) is 1. The molecule has 0 bridgehead atoms. The molecule has 0 aromatic carbocycles. The predicted octanol–water partition coefficient (Wildman–Crippen LogP) is 1.40. The highest BCUT2D eigenvalue weighted by Crippen LogP contribution is 2.28. The van der Waals surface area contributed by atoms with Gasteiger partial charge in [0.15, 0.2) is 0 Å². The number of pyridine rings is 1. The number of alkyl halides is 2. The van der Waals surface area contributed by atoms with E-state index in [1.165, 1.54) is 6.20 Å². The van der Waals surface area contributed by atoms with Gasteiger partial charge in [0.25, 0.3) is 6.43 Å². The Morgan fingerprint density at radius 2 is 2.23 bits per heavy atom. The van der Waals surface area contributed by atoms with Crippen molar-refractivity contribution in [1.82, 2.24) is 4.98 Å². The van der Waals surface area contributed by atoms with Crippen molar-refractivity contribution in [2.75, 3.05) is 5.73 Å². The van der Waals surface area contributed by atoms with Gasteiger partial charge in [-0.05, 0) is 18.1 Å². The van der Waals surface area contributed by atoms with E-state index in [0.29, 0.717) is 5.56 Å². The molecule has 0 fully saturated rings. The van der Waals surface area contributed by atoms with Crippen molar-refractivity contribution < 1.29 is 13.9 Å². The van der Waals surface area contributed by atoms with E-state index in [1.807, 2.05) is 0 Å². The molecule has 13 heavy (non-hydrogen) atoms. The van der Waals surface area contributed by atoms with Gasteiger partial charge >= 0.3 is 0 Å². The summed E-state index contributed by atoms with van der Waals surface area (Å²) >= 11 is 0. The molecule has 0 amide bonds. The third kappa shape index (κ3) is 1.75. The molecule has 1 aromatic heterocycles. The second-order valence-corrected chi connectivity index (χ2v) is 2.68. The first-order valence-corrected chi connectivity index (χ1v) is 3.70. The van der Waals surface area contributed by atoms with Crippen molar-refractivity contribution in [3.63, 3.8) is 0 Å². The van der Waals surface area contributed by atoms with Crippen molar-refractivity contribution >= 4 is 5.82 Å². The molecule has 0 unspecified atom stereocenters. The van der Waals surface area contributed by atoms with Crippen LogP contribution in [-0.4, -0.2) is 10.1 Å². The molecular formula is C8H10F2N2O. The maximum Gasteiger partial charge on any atom is 0.267 e. The molecule has 1 heterocycles. The second-order valence-electron chi connectivity index (χ2n) is 2.68. The molecule has 72 valence electrons. The molecule has 3 nitrogen and oxygen atoms in total. The minimum absolute atomic E-state index is 0.169. The summed E-state index contributed by atoms with van der Waals surface area (Å²) in [6.45, 7) is 1.15. The molecule has 0 aliphatic heterocycles. The summed E-state index contributed by atoms with van der Waals surface area (Å²) in [6, 6.07) is 0. The SMILES string of the molecule is Cc1cnc(N)c(C(F)F)c1CO. The average Bonchev–Trinajstić information content (AvgIpc) is 2.07. The zero-order valence-electron chi connectivity index (χ0n) is 7.09. The van der Waals surface area contributed by atoms with Gasteiger partial charge < -0.3 is 10.8 Å². The molecule has 0 spiro atoms. The number of aromatic nitrogens is 1. The normalized spacial score (nSPS) is 10.8. The van der Waals surface area contributed by atoms with Gasteiger partial charge in [-0.2, -0.15) is 0 Å². The van der Waals surface area contributed by atoms with Crippen LogP contribution in [0.4, 0.5) is 14.6 Å². The lowest BCUT2D eigenvalue weighted by molar-refractivity contribution is 0.147. The Balaban J connectivity index is 3.35. The van der Waals surface area contributed by atoms with Gasteiger partial charge in [-0.3, -0.25) is 0 Å². The summed E-state index contributed by atoms with van der Waals surface area (Å²) in [4.78, 5) is 3.60. The topological polar surface area (TPSA) is 59.1 Å². The monoisotopic (exact) mass is 188 g/mol. The number of aliphatic hydroxyl groups excluding tert-OH is 1. The number of hydrogen-bond donors (Lipinski definition) is 2. The summed E-state index contributed by atoms with van der Waals surface area (Å²) < 4.78 is 24.8. The van der Waals surface area contributed by atoms with Crippen LogP contribution < -0.4 is 5.73 Å². The number of hydrogen-bond acceptors (Lipinski definition) is 3. The number of aliphatic hydroxyl groups is 1. The lowest BCUT2D eigenvalue weighted by Crippen LogP contribution is -2.05. The maximum absolute atomic E-state index is 12.4. The molecule has 3 N–H and O–H groups in total. The van der Waals surface area contributed by atoms with E-state index in [4.69, 9.17) is 10.8 Å². The third-order valence-corrected chi connectivity index (χ3v) is 1.85. The highest BCUT2D eigenvalue weighted by Gasteiger charge is 2.18. The van der Waals surface area contributed by atoms with Crippen LogP contribution in [0.2, 0.25) is 0 Å². The van der Waals surface area contributed by atoms with Gasteiger partial charge in [0.05, 0.1) is 12.2 Å². The molecular weight excluding hydrogens is 178 g/mol. The fourth-order valence-corrected chi connectivity index (χ4v) is 1.13. The average molecular weight is 188 g/mol. The van der Waals surface area contributed by atoms with E-state index >= 15 is 0 Å². The Labute approximate surface area is 74.2 Å². The van der Waals surface area contributed by atoms with Crippen molar-refractivity contribution in [2.45, 2.75) is 20.0 Å². The number of nitrogen functional groups attached to an aromatic ring is 1. The standard InChI is InChI=1S/C8H10F2N2O/c1-4-2-12-8(11)6(7(9)10)5(4)3-13/h2,7,13H,3H2,1H3,(H2,11,12). The van der Waals surface area contributed by atoms with Crippen LogP contribution in [0.1, 0.15) is 23.1 Å². The van der Waals surface area contributed by atoms with Crippen molar-refractivity contribution in [2.24, 2.45) is 0 Å². The minimum atomic E-state index is -2.70. The number of rotatable bonds is 2. The van der Waals surface area contributed by atoms with Crippen LogP contribution in [0, 0.1) is 6.92 Å². The highest BCUT2D eigenvalue weighted by atomic mass is 19.3. The third-order valence-electron chi connectivity index (χ3n) is 1.85. The number of aryl methyl sites for hydroxylation is 1. The molecule has 0 atom stereocenters. The second kappa shape index (κ2) is 3.66. The molecule has 1 aromatic rings. The molecule has 0 saturated heterocycles. The van der Waals surface area contributed by atoms with Crippen LogP contribution in [0.25, 0.3) is 0 Å². The highest BCUT2D eigenvalue weighted by molar-refractivity contribution is 5.48. The lowest BCUT2D eigenvalue weighted by Gasteiger charge is -2.11. The first-order chi connectivity index (χ1) is 6.07. The molecule has 1 rings (SSSR count). The Hall–Kier alpha value is -1.23. The van der Waals surface area contributed by atoms with E-state index in [9.17, 15) is 8.78 Å². The fourth-order valence-electron chi connectivity index (χ4n) is 1.13. The Bertz CT molecular complexity index is 315. The number of nitrogens with two attached hydrogens (primary N) is 1. The predicted molar refractivity (Wildman–Crippen MR) is 44.3 cm³/mol. The zero-order valence-corrected chi connectivity index (χ0v) is 7.09. The van der Waals surface area contributed by atoms with Gasteiger partial charge in [-0.25, -0.2) is 13.8 Å². The van der Waals surface area contributed by atoms with E-state index in [0.717, 1.165) is 0 Å². The number of halogens is 2. The van der Waals surface area contributed by atoms with Crippen molar-refractivity contribution in [3.8, 4) is 0 Å². The molecule has 0 radical (unpaired) electrons. The molecule has 5 heteroatoms. The minimum Gasteiger partial charge on any atom is -0.392 e. The van der Waals surface area contributed by atoms with Crippen molar-refractivity contribution in [3.05, 3.63) is 22.9 Å². The molecule has 0 saturated carbocycles. The van der Waals surface area contributed by atoms with Gasteiger partial charge in [0.1, 0.15) is 5.82 Å². The lowest BCUT2D eigenvalue weighted by atomic mass is 10.1. The van der Waals surface area contributed by atoms with Gasteiger partial charge in [0, 0.05) is 6.20 Å². The first-order valence-electron chi connectivity index (χ1n) is 3.70. The van der Waals surface area contributed by atoms with E-state index in [-0.39, 0.29) is 16.9 Å². The largest absolute Gasteiger partial charge is 0.392 e. The van der Waals surface area contributed by atoms with Crippen LogP contribution in [0.3, 0.4) is 0 Å². The molecule has 0 aliphatic rings.